The highest BCUT2D eigenvalue weighted by atomic mass is 16.5. The maximum atomic E-state index is 11.6. The van der Waals surface area contributed by atoms with Gasteiger partial charge in [-0.15, -0.1) is 0 Å². The third-order valence-corrected chi connectivity index (χ3v) is 2.95. The molecule has 6 nitrogen and oxygen atoms in total. The van der Waals surface area contributed by atoms with E-state index in [9.17, 15) is 9.59 Å². The van der Waals surface area contributed by atoms with Gasteiger partial charge in [-0.1, -0.05) is 18.2 Å². The summed E-state index contributed by atoms with van der Waals surface area (Å²) in [5, 5.41) is 20.0. The maximum absolute atomic E-state index is 11.6. The molecule has 0 aromatic heterocycles. The van der Waals surface area contributed by atoms with Gasteiger partial charge in [0.1, 0.15) is 11.8 Å². The first-order chi connectivity index (χ1) is 10.0. The first-order valence-corrected chi connectivity index (χ1v) is 6.86. The number of hydrogen-bond acceptors (Lipinski definition) is 4. The van der Waals surface area contributed by atoms with E-state index in [-0.39, 0.29) is 25.4 Å². The minimum Gasteiger partial charge on any atom is -0.493 e. The fourth-order valence-electron chi connectivity index (χ4n) is 1.79. The summed E-state index contributed by atoms with van der Waals surface area (Å²) < 4.78 is 5.55. The van der Waals surface area contributed by atoms with Gasteiger partial charge in [-0.25, -0.2) is 4.79 Å². The van der Waals surface area contributed by atoms with Gasteiger partial charge in [0.15, 0.2) is 0 Å². The number of hydrogen-bond donors (Lipinski definition) is 3. The number of para-hydroxylation sites is 1. The van der Waals surface area contributed by atoms with Gasteiger partial charge in [0, 0.05) is 19.4 Å². The summed E-state index contributed by atoms with van der Waals surface area (Å²) in [6.07, 6.45) is 0.674. The number of carbonyl (C=O) groups is 2. The van der Waals surface area contributed by atoms with Crippen molar-refractivity contribution in [2.24, 2.45) is 0 Å². The second kappa shape index (κ2) is 8.97. The predicted molar refractivity (Wildman–Crippen MR) is 77.2 cm³/mol. The molecule has 0 radical (unpaired) electrons. The fraction of sp³-hybridized carbons (Fsp3) is 0.467. The summed E-state index contributed by atoms with van der Waals surface area (Å²) in [4.78, 5) is 22.4. The number of aliphatic hydroxyl groups excluding tert-OH is 1. The number of nitrogens with one attached hydrogen (secondary N) is 1. The topological polar surface area (TPSA) is 95.9 Å². The van der Waals surface area contributed by atoms with Crippen LogP contribution in [0.3, 0.4) is 0 Å². The molecule has 116 valence electrons. The Bertz CT molecular complexity index is 475. The van der Waals surface area contributed by atoms with Crippen molar-refractivity contribution in [1.82, 2.24) is 5.32 Å². The lowest BCUT2D eigenvalue weighted by Gasteiger charge is -2.13. The molecule has 0 aliphatic rings. The Kier molecular flexibility index (Phi) is 7.25. The number of aliphatic carboxylic acids is 1. The van der Waals surface area contributed by atoms with Gasteiger partial charge in [0.2, 0.25) is 5.91 Å². The molecular weight excluding hydrogens is 274 g/mol. The van der Waals surface area contributed by atoms with Crippen LogP contribution in [-0.2, 0) is 9.59 Å². The number of aliphatic hydroxyl groups is 1. The Morgan fingerprint density at radius 3 is 2.67 bits per heavy atom. The van der Waals surface area contributed by atoms with Crippen molar-refractivity contribution in [2.45, 2.75) is 32.2 Å². The van der Waals surface area contributed by atoms with Gasteiger partial charge in [0.25, 0.3) is 0 Å². The van der Waals surface area contributed by atoms with Crippen LogP contribution in [-0.4, -0.2) is 41.3 Å². The average molecular weight is 295 g/mol. The van der Waals surface area contributed by atoms with E-state index in [2.05, 4.69) is 5.32 Å². The molecule has 0 saturated carbocycles. The molecule has 3 N–H and O–H groups in total. The molecule has 0 aliphatic carbocycles. The highest BCUT2D eigenvalue weighted by molar-refractivity contribution is 5.83. The number of carboxylic acids is 1. The van der Waals surface area contributed by atoms with Gasteiger partial charge in [-0.2, -0.15) is 0 Å². The van der Waals surface area contributed by atoms with Gasteiger partial charge < -0.3 is 20.3 Å². The van der Waals surface area contributed by atoms with Crippen LogP contribution in [0, 0.1) is 6.92 Å². The van der Waals surface area contributed by atoms with Crippen molar-refractivity contribution < 1.29 is 24.5 Å². The fourth-order valence-corrected chi connectivity index (χ4v) is 1.79. The molecule has 1 rings (SSSR count). The Balaban J connectivity index is 2.27. The average Bonchev–Trinajstić information content (AvgIpc) is 2.44. The van der Waals surface area contributed by atoms with Gasteiger partial charge in [-0.3, -0.25) is 4.79 Å². The van der Waals surface area contributed by atoms with Crippen molar-refractivity contribution in [1.29, 1.82) is 0 Å². The summed E-state index contributed by atoms with van der Waals surface area (Å²) in [7, 11) is 0. The summed E-state index contributed by atoms with van der Waals surface area (Å²) in [6, 6.07) is 6.55. The van der Waals surface area contributed by atoms with Crippen molar-refractivity contribution in [3.8, 4) is 5.75 Å². The third kappa shape index (κ3) is 6.27. The van der Waals surface area contributed by atoms with Crippen LogP contribution in [0.4, 0.5) is 0 Å². The van der Waals surface area contributed by atoms with Crippen LogP contribution in [0.25, 0.3) is 0 Å². The first-order valence-electron chi connectivity index (χ1n) is 6.86. The largest absolute Gasteiger partial charge is 0.493 e. The Labute approximate surface area is 123 Å². The van der Waals surface area contributed by atoms with Crippen LogP contribution in [0.2, 0.25) is 0 Å². The smallest absolute Gasteiger partial charge is 0.326 e. The molecule has 1 atom stereocenters. The van der Waals surface area contributed by atoms with E-state index in [1.165, 1.54) is 0 Å². The number of aryl methyl sites for hydroxylation is 1. The van der Waals surface area contributed by atoms with E-state index in [0.717, 1.165) is 11.3 Å². The normalized spacial score (nSPS) is 11.7. The predicted octanol–water partition coefficient (Wildman–Crippen LogP) is 1.11. The summed E-state index contributed by atoms with van der Waals surface area (Å²) in [5.41, 5.74) is 1.02. The molecule has 6 heteroatoms. The van der Waals surface area contributed by atoms with Crippen LogP contribution in [0.15, 0.2) is 24.3 Å². The summed E-state index contributed by atoms with van der Waals surface area (Å²) in [6.45, 7) is 2.04. The van der Waals surface area contributed by atoms with Crippen LogP contribution in [0.1, 0.15) is 24.8 Å². The number of benzene rings is 1. The maximum Gasteiger partial charge on any atom is 0.326 e. The Morgan fingerprint density at radius 2 is 2.05 bits per heavy atom. The van der Waals surface area contributed by atoms with Crippen LogP contribution < -0.4 is 10.1 Å². The zero-order valence-corrected chi connectivity index (χ0v) is 12.0. The van der Waals surface area contributed by atoms with Crippen molar-refractivity contribution in [3.63, 3.8) is 0 Å². The van der Waals surface area contributed by atoms with E-state index in [1.807, 2.05) is 31.2 Å². The van der Waals surface area contributed by atoms with Gasteiger partial charge in [-0.05, 0) is 25.0 Å². The summed E-state index contributed by atoms with van der Waals surface area (Å²) in [5.74, 6) is -0.723. The number of ether oxygens (including phenoxy) is 1. The molecule has 0 saturated heterocycles. The highest BCUT2D eigenvalue weighted by Gasteiger charge is 2.18. The highest BCUT2D eigenvalue weighted by Crippen LogP contribution is 2.16. The first kappa shape index (κ1) is 17.0. The zero-order valence-electron chi connectivity index (χ0n) is 12.0. The number of rotatable bonds is 9. The van der Waals surface area contributed by atoms with Crippen LogP contribution in [0.5, 0.6) is 5.75 Å². The van der Waals surface area contributed by atoms with E-state index in [4.69, 9.17) is 14.9 Å². The second-order valence-electron chi connectivity index (χ2n) is 4.69. The lowest BCUT2D eigenvalue weighted by molar-refractivity contribution is -0.142. The molecule has 1 aromatic carbocycles. The summed E-state index contributed by atoms with van der Waals surface area (Å²) >= 11 is 0. The molecule has 0 fully saturated rings. The lowest BCUT2D eigenvalue weighted by Crippen LogP contribution is -2.41. The molecule has 0 aliphatic heterocycles. The van der Waals surface area contributed by atoms with Crippen molar-refractivity contribution in [3.05, 3.63) is 29.8 Å². The third-order valence-electron chi connectivity index (χ3n) is 2.95. The van der Waals surface area contributed by atoms with Gasteiger partial charge in [0.05, 0.1) is 6.61 Å². The van der Waals surface area contributed by atoms with Crippen LogP contribution >= 0.6 is 0 Å². The quantitative estimate of drug-likeness (QED) is 0.593. The lowest BCUT2D eigenvalue weighted by atomic mass is 10.2. The zero-order chi connectivity index (χ0) is 15.7. The number of carbonyl (C=O) groups excluding carboxylic acids is 1. The number of amides is 1. The molecule has 0 spiro atoms. The molecule has 1 amide bonds. The van der Waals surface area contributed by atoms with Gasteiger partial charge >= 0.3 is 5.97 Å². The van der Waals surface area contributed by atoms with E-state index in [1.54, 1.807) is 0 Å². The van der Waals surface area contributed by atoms with Crippen molar-refractivity contribution >= 4 is 11.9 Å². The van der Waals surface area contributed by atoms with E-state index in [0.29, 0.717) is 13.0 Å². The second-order valence-corrected chi connectivity index (χ2v) is 4.69. The standard InChI is InChI=1S/C15H21NO5/c1-11-5-2-3-6-13(11)21-10-4-7-14(18)16-12(8-9-17)15(19)20/h2-3,5-6,12,17H,4,7-10H2,1H3,(H,16,18)(H,19,20)/t12-/m1/s1. The Hall–Kier alpha value is -2.08. The molecule has 1 aromatic rings. The SMILES string of the molecule is Cc1ccccc1OCCCC(=O)N[C@H](CCO)C(=O)O. The molecule has 0 bridgehead atoms. The van der Waals surface area contributed by atoms with Crippen molar-refractivity contribution in [2.75, 3.05) is 13.2 Å². The Morgan fingerprint density at radius 1 is 1.33 bits per heavy atom. The molecule has 0 unspecified atom stereocenters. The van der Waals surface area contributed by atoms with E-state index >= 15 is 0 Å². The monoisotopic (exact) mass is 295 g/mol. The molecule has 21 heavy (non-hydrogen) atoms. The number of carboxylic acid groups (broad SMARTS) is 1. The minimum atomic E-state index is -1.14. The molecular formula is C15H21NO5. The van der Waals surface area contributed by atoms with E-state index < -0.39 is 12.0 Å². The molecule has 0 heterocycles. The minimum absolute atomic E-state index is 0.000777.